The molecular weight excluding hydrogens is 248 g/mol. The molecule has 2 rings (SSSR count). The molecule has 0 spiro atoms. The average Bonchev–Trinajstić information content (AvgIpc) is 2.42. The van der Waals surface area contributed by atoms with Crippen LogP contribution in [0.1, 0.15) is 42.4 Å². The van der Waals surface area contributed by atoms with Gasteiger partial charge >= 0.3 is 0 Å². The largest absolute Gasteiger partial charge is 0.368 e. The molecule has 1 amide bonds. The average molecular weight is 274 g/mol. The number of benzene rings is 1. The lowest BCUT2D eigenvalue weighted by atomic mass is 9.97. The number of hydrogen-bond acceptors (Lipinski definition) is 2. The fourth-order valence-corrected chi connectivity index (χ4v) is 3.28. The summed E-state index contributed by atoms with van der Waals surface area (Å²) in [4.78, 5) is 13.8. The van der Waals surface area contributed by atoms with E-state index in [9.17, 15) is 4.79 Å². The van der Waals surface area contributed by atoms with Crippen LogP contribution in [-0.4, -0.2) is 29.9 Å². The first-order valence-electron chi connectivity index (χ1n) is 7.68. The molecule has 1 atom stereocenters. The molecule has 1 unspecified atom stereocenters. The number of amides is 1. The Labute approximate surface area is 122 Å². The van der Waals surface area contributed by atoms with Gasteiger partial charge in [-0.05, 0) is 69.3 Å². The van der Waals surface area contributed by atoms with Crippen molar-refractivity contribution in [1.29, 1.82) is 0 Å². The highest BCUT2D eigenvalue weighted by atomic mass is 16.1. The normalized spacial score (nSPS) is 20.0. The highest BCUT2D eigenvalue weighted by Crippen LogP contribution is 2.19. The van der Waals surface area contributed by atoms with E-state index in [1.54, 1.807) is 0 Å². The topological polar surface area (TPSA) is 46.3 Å². The Morgan fingerprint density at radius 1 is 1.30 bits per heavy atom. The molecule has 2 N–H and O–H groups in total. The second-order valence-electron chi connectivity index (χ2n) is 5.92. The Kier molecular flexibility index (Phi) is 5.18. The van der Waals surface area contributed by atoms with Gasteiger partial charge in [-0.25, -0.2) is 0 Å². The van der Waals surface area contributed by atoms with Gasteiger partial charge in [0.1, 0.15) is 0 Å². The van der Waals surface area contributed by atoms with E-state index in [-0.39, 0.29) is 11.9 Å². The van der Waals surface area contributed by atoms with Gasteiger partial charge < -0.3 is 5.73 Å². The van der Waals surface area contributed by atoms with Crippen molar-refractivity contribution in [3.8, 4) is 0 Å². The van der Waals surface area contributed by atoms with Crippen molar-refractivity contribution in [2.24, 2.45) is 5.73 Å². The lowest BCUT2D eigenvalue weighted by Crippen LogP contribution is -2.48. The number of carbonyl (C=O) groups is 1. The van der Waals surface area contributed by atoms with Gasteiger partial charge in [0.2, 0.25) is 5.91 Å². The third kappa shape index (κ3) is 3.60. The summed E-state index contributed by atoms with van der Waals surface area (Å²) >= 11 is 0. The molecule has 1 heterocycles. The van der Waals surface area contributed by atoms with Crippen molar-refractivity contribution in [3.63, 3.8) is 0 Å². The zero-order chi connectivity index (χ0) is 14.5. The third-order valence-electron chi connectivity index (χ3n) is 4.46. The summed E-state index contributed by atoms with van der Waals surface area (Å²) in [5, 5.41) is 0. The molecule has 1 aromatic rings. The van der Waals surface area contributed by atoms with Crippen molar-refractivity contribution < 1.29 is 4.79 Å². The number of primary amides is 1. The van der Waals surface area contributed by atoms with E-state index in [2.05, 4.69) is 36.9 Å². The van der Waals surface area contributed by atoms with Crippen LogP contribution < -0.4 is 5.73 Å². The minimum absolute atomic E-state index is 0.0401. The lowest BCUT2D eigenvalue weighted by molar-refractivity contribution is -0.124. The van der Waals surface area contributed by atoms with Crippen LogP contribution in [0.25, 0.3) is 0 Å². The highest BCUT2D eigenvalue weighted by molar-refractivity contribution is 5.79. The molecule has 1 aromatic carbocycles. The van der Waals surface area contributed by atoms with Crippen molar-refractivity contribution >= 4 is 5.91 Å². The molecule has 3 nitrogen and oxygen atoms in total. The molecule has 3 heteroatoms. The van der Waals surface area contributed by atoms with E-state index in [1.165, 1.54) is 23.1 Å². The van der Waals surface area contributed by atoms with Gasteiger partial charge in [-0.15, -0.1) is 0 Å². The van der Waals surface area contributed by atoms with Crippen LogP contribution in [0.2, 0.25) is 0 Å². The summed E-state index contributed by atoms with van der Waals surface area (Å²) in [6.45, 7) is 6.34. The van der Waals surface area contributed by atoms with Crippen molar-refractivity contribution in [2.75, 3.05) is 13.1 Å². The number of rotatable bonds is 5. The van der Waals surface area contributed by atoms with Crippen molar-refractivity contribution in [1.82, 2.24) is 4.90 Å². The monoisotopic (exact) mass is 274 g/mol. The molecule has 0 aliphatic carbocycles. The van der Waals surface area contributed by atoms with Crippen LogP contribution in [0.15, 0.2) is 18.2 Å². The fraction of sp³-hybridized carbons (Fsp3) is 0.588. The van der Waals surface area contributed by atoms with Gasteiger partial charge in [0.15, 0.2) is 0 Å². The maximum Gasteiger partial charge on any atom is 0.234 e. The molecule has 1 fully saturated rings. The molecule has 1 aliphatic heterocycles. The van der Waals surface area contributed by atoms with Gasteiger partial charge in [0.25, 0.3) is 0 Å². The molecule has 1 saturated heterocycles. The van der Waals surface area contributed by atoms with Crippen LogP contribution in [0.5, 0.6) is 0 Å². The second kappa shape index (κ2) is 6.89. The quantitative estimate of drug-likeness (QED) is 0.897. The fourth-order valence-electron chi connectivity index (χ4n) is 3.28. The highest BCUT2D eigenvalue weighted by Gasteiger charge is 2.26. The number of aryl methyl sites for hydroxylation is 2. The smallest absolute Gasteiger partial charge is 0.234 e. The molecule has 20 heavy (non-hydrogen) atoms. The molecule has 0 aromatic heterocycles. The predicted octanol–water partition coefficient (Wildman–Crippen LogP) is 2.58. The Balaban J connectivity index is 1.90. The van der Waals surface area contributed by atoms with E-state index in [4.69, 9.17) is 5.73 Å². The first kappa shape index (κ1) is 15.0. The molecule has 0 saturated carbocycles. The Morgan fingerprint density at radius 3 is 2.65 bits per heavy atom. The van der Waals surface area contributed by atoms with Gasteiger partial charge in [0.05, 0.1) is 6.04 Å². The third-order valence-corrected chi connectivity index (χ3v) is 4.46. The standard InChI is InChI=1S/C17H26N2O/c1-13-7-5-8-14(2)15(13)9-6-12-19-11-4-3-10-16(19)17(18)20/h5,7-8,16H,3-4,6,9-12H2,1-2H3,(H2,18,20). The van der Waals surface area contributed by atoms with E-state index in [0.717, 1.165) is 38.8 Å². The molecule has 1 aliphatic rings. The van der Waals surface area contributed by atoms with Crippen LogP contribution in [0, 0.1) is 13.8 Å². The summed E-state index contributed by atoms with van der Waals surface area (Å²) in [6.07, 6.45) is 5.42. The van der Waals surface area contributed by atoms with Crippen LogP contribution in [0.4, 0.5) is 0 Å². The summed E-state index contributed by atoms with van der Waals surface area (Å²) < 4.78 is 0. The zero-order valence-electron chi connectivity index (χ0n) is 12.7. The van der Waals surface area contributed by atoms with Gasteiger partial charge in [0, 0.05) is 0 Å². The van der Waals surface area contributed by atoms with Crippen LogP contribution in [-0.2, 0) is 11.2 Å². The SMILES string of the molecule is Cc1cccc(C)c1CCCN1CCCCC1C(N)=O. The predicted molar refractivity (Wildman–Crippen MR) is 82.6 cm³/mol. The zero-order valence-corrected chi connectivity index (χ0v) is 12.7. The minimum Gasteiger partial charge on any atom is -0.368 e. The van der Waals surface area contributed by atoms with Gasteiger partial charge in [-0.3, -0.25) is 9.69 Å². The van der Waals surface area contributed by atoms with E-state index in [0.29, 0.717) is 0 Å². The number of nitrogens with zero attached hydrogens (tertiary/aromatic N) is 1. The van der Waals surface area contributed by atoms with E-state index in [1.807, 2.05) is 0 Å². The summed E-state index contributed by atoms with van der Waals surface area (Å²) in [5.41, 5.74) is 9.71. The van der Waals surface area contributed by atoms with Crippen LogP contribution in [0.3, 0.4) is 0 Å². The molecule has 0 radical (unpaired) electrons. The first-order chi connectivity index (χ1) is 9.59. The van der Waals surface area contributed by atoms with Crippen LogP contribution >= 0.6 is 0 Å². The van der Waals surface area contributed by atoms with E-state index < -0.39 is 0 Å². The number of carbonyl (C=O) groups excluding carboxylic acids is 1. The maximum atomic E-state index is 11.5. The lowest BCUT2D eigenvalue weighted by Gasteiger charge is -2.33. The van der Waals surface area contributed by atoms with E-state index >= 15 is 0 Å². The Bertz CT molecular complexity index is 450. The Morgan fingerprint density at radius 2 is 2.00 bits per heavy atom. The number of piperidine rings is 1. The molecule has 0 bridgehead atoms. The maximum absolute atomic E-state index is 11.5. The number of hydrogen-bond donors (Lipinski definition) is 1. The summed E-state index contributed by atoms with van der Waals surface area (Å²) in [7, 11) is 0. The summed E-state index contributed by atoms with van der Waals surface area (Å²) in [5.74, 6) is -0.156. The van der Waals surface area contributed by atoms with Crippen molar-refractivity contribution in [2.45, 2.75) is 52.0 Å². The number of likely N-dealkylation sites (tertiary alicyclic amines) is 1. The second-order valence-corrected chi connectivity index (χ2v) is 5.92. The molecular formula is C17H26N2O. The van der Waals surface area contributed by atoms with Gasteiger partial charge in [-0.2, -0.15) is 0 Å². The minimum atomic E-state index is -0.156. The van der Waals surface area contributed by atoms with Crippen molar-refractivity contribution in [3.05, 3.63) is 34.9 Å². The molecule has 110 valence electrons. The van der Waals surface area contributed by atoms with Gasteiger partial charge in [-0.1, -0.05) is 24.6 Å². The first-order valence-corrected chi connectivity index (χ1v) is 7.68. The summed E-state index contributed by atoms with van der Waals surface area (Å²) in [6, 6.07) is 6.43. The number of nitrogens with two attached hydrogens (primary N) is 1. The Hall–Kier alpha value is -1.35.